The number of aliphatic hydroxyl groups excluding tert-OH is 1. The Kier molecular flexibility index (Phi) is 5.10. The van der Waals surface area contributed by atoms with Crippen LogP contribution in [0, 0.1) is 0 Å². The Morgan fingerprint density at radius 3 is 2.40 bits per heavy atom. The molecule has 0 aliphatic heterocycles. The van der Waals surface area contributed by atoms with Gasteiger partial charge in [0.15, 0.2) is 0 Å². The monoisotopic (exact) mass is 300 g/mol. The van der Waals surface area contributed by atoms with E-state index in [1.54, 1.807) is 4.68 Å². The molecule has 20 heavy (non-hydrogen) atoms. The fourth-order valence-electron chi connectivity index (χ4n) is 3.09. The molecule has 2 rings (SSSR count). The second-order valence-corrected chi connectivity index (χ2v) is 6.30. The summed E-state index contributed by atoms with van der Waals surface area (Å²) < 4.78 is 1.73. The van der Waals surface area contributed by atoms with Crippen molar-refractivity contribution in [2.24, 2.45) is 7.05 Å². The topological polar surface area (TPSA) is 58.3 Å². The van der Waals surface area contributed by atoms with Gasteiger partial charge in [0.05, 0.1) is 28.1 Å². The van der Waals surface area contributed by atoms with Crippen molar-refractivity contribution in [3.05, 3.63) is 16.4 Å². The maximum Gasteiger partial charge on any atom is 0.0909 e. The molecule has 0 saturated heterocycles. The SMILES string of the molecule is CCc1nn(C)c(CC(O)C2(O)CCCCCC2)c1Cl. The van der Waals surface area contributed by atoms with Gasteiger partial charge in [-0.15, -0.1) is 0 Å². The van der Waals surface area contributed by atoms with E-state index in [4.69, 9.17) is 11.6 Å². The second kappa shape index (κ2) is 6.46. The third kappa shape index (κ3) is 3.18. The Balaban J connectivity index is 2.14. The van der Waals surface area contributed by atoms with Crippen molar-refractivity contribution >= 4 is 11.6 Å². The standard InChI is InChI=1S/C15H25ClN2O2/c1-3-11-14(16)12(18(2)17-11)10-13(19)15(20)8-6-4-5-7-9-15/h13,19-20H,3-10H2,1-2H3. The molecule has 0 bridgehead atoms. The quantitative estimate of drug-likeness (QED) is 0.841. The Hall–Kier alpha value is -0.580. The number of hydrogen-bond acceptors (Lipinski definition) is 3. The average molecular weight is 301 g/mol. The molecule has 114 valence electrons. The summed E-state index contributed by atoms with van der Waals surface area (Å²) in [6.45, 7) is 2.01. The van der Waals surface area contributed by atoms with Crippen LogP contribution >= 0.6 is 11.6 Å². The van der Waals surface area contributed by atoms with Gasteiger partial charge in [0.25, 0.3) is 0 Å². The molecular weight excluding hydrogens is 276 g/mol. The van der Waals surface area contributed by atoms with Crippen LogP contribution in [0.2, 0.25) is 5.02 Å². The normalized spacial score (nSPS) is 20.6. The van der Waals surface area contributed by atoms with Gasteiger partial charge >= 0.3 is 0 Å². The van der Waals surface area contributed by atoms with Crippen molar-refractivity contribution in [2.75, 3.05) is 0 Å². The van der Waals surface area contributed by atoms with Crippen molar-refractivity contribution in [2.45, 2.75) is 70.0 Å². The van der Waals surface area contributed by atoms with Crippen LogP contribution in [0.25, 0.3) is 0 Å². The summed E-state index contributed by atoms with van der Waals surface area (Å²) in [4.78, 5) is 0. The molecule has 0 amide bonds. The number of nitrogens with zero attached hydrogens (tertiary/aromatic N) is 2. The largest absolute Gasteiger partial charge is 0.390 e. The first-order chi connectivity index (χ1) is 9.48. The predicted octanol–water partition coefficient (Wildman–Crippen LogP) is 2.62. The molecule has 1 atom stereocenters. The van der Waals surface area contributed by atoms with Gasteiger partial charge in [-0.25, -0.2) is 0 Å². The van der Waals surface area contributed by atoms with E-state index in [9.17, 15) is 10.2 Å². The molecule has 1 aromatic heterocycles. The number of aryl methyl sites for hydroxylation is 2. The minimum atomic E-state index is -0.976. The van der Waals surface area contributed by atoms with Crippen molar-refractivity contribution < 1.29 is 10.2 Å². The van der Waals surface area contributed by atoms with Crippen LogP contribution in [-0.4, -0.2) is 31.7 Å². The maximum absolute atomic E-state index is 10.7. The highest BCUT2D eigenvalue weighted by Crippen LogP contribution is 2.32. The van der Waals surface area contributed by atoms with Gasteiger partial charge in [-0.2, -0.15) is 5.10 Å². The van der Waals surface area contributed by atoms with E-state index in [0.29, 0.717) is 24.3 Å². The summed E-state index contributed by atoms with van der Waals surface area (Å²) in [5.41, 5.74) is 0.689. The highest BCUT2D eigenvalue weighted by atomic mass is 35.5. The van der Waals surface area contributed by atoms with Gasteiger partial charge in [0.1, 0.15) is 0 Å². The fraction of sp³-hybridized carbons (Fsp3) is 0.800. The maximum atomic E-state index is 10.7. The first kappa shape index (κ1) is 15.8. The van der Waals surface area contributed by atoms with Crippen LogP contribution in [0.1, 0.15) is 56.8 Å². The second-order valence-electron chi connectivity index (χ2n) is 5.92. The lowest BCUT2D eigenvalue weighted by Crippen LogP contribution is -2.43. The summed E-state index contributed by atoms with van der Waals surface area (Å²) in [6, 6.07) is 0. The van der Waals surface area contributed by atoms with E-state index in [-0.39, 0.29) is 0 Å². The Morgan fingerprint density at radius 2 is 1.90 bits per heavy atom. The Bertz CT molecular complexity index is 451. The lowest BCUT2D eigenvalue weighted by molar-refractivity contribution is -0.0842. The number of aliphatic hydroxyl groups is 2. The molecule has 1 aromatic rings. The average Bonchev–Trinajstić information content (AvgIpc) is 2.60. The molecule has 1 aliphatic carbocycles. The van der Waals surface area contributed by atoms with Crippen molar-refractivity contribution in [3.8, 4) is 0 Å². The first-order valence-corrected chi connectivity index (χ1v) is 7.96. The van der Waals surface area contributed by atoms with Crippen molar-refractivity contribution in [1.29, 1.82) is 0 Å². The molecule has 1 fully saturated rings. The lowest BCUT2D eigenvalue weighted by Gasteiger charge is -2.32. The number of rotatable bonds is 4. The lowest BCUT2D eigenvalue weighted by atomic mass is 9.86. The Morgan fingerprint density at radius 1 is 1.30 bits per heavy atom. The van der Waals surface area contributed by atoms with E-state index < -0.39 is 11.7 Å². The molecule has 0 aromatic carbocycles. The number of aromatic nitrogens is 2. The molecule has 2 N–H and O–H groups in total. The minimum absolute atomic E-state index is 0.360. The van der Waals surface area contributed by atoms with Gasteiger partial charge < -0.3 is 10.2 Å². The zero-order valence-electron chi connectivity index (χ0n) is 12.4. The fourth-order valence-corrected chi connectivity index (χ4v) is 3.46. The van der Waals surface area contributed by atoms with Crippen LogP contribution < -0.4 is 0 Å². The predicted molar refractivity (Wildman–Crippen MR) is 80.0 cm³/mol. The van der Waals surface area contributed by atoms with E-state index >= 15 is 0 Å². The van der Waals surface area contributed by atoms with Crippen LogP contribution in [0.5, 0.6) is 0 Å². The smallest absolute Gasteiger partial charge is 0.0909 e. The first-order valence-electron chi connectivity index (χ1n) is 7.58. The summed E-state index contributed by atoms with van der Waals surface area (Å²) in [7, 11) is 1.84. The minimum Gasteiger partial charge on any atom is -0.390 e. The van der Waals surface area contributed by atoms with Crippen LogP contribution in [-0.2, 0) is 19.9 Å². The molecule has 1 heterocycles. The highest BCUT2D eigenvalue weighted by molar-refractivity contribution is 6.31. The number of halogens is 1. The molecule has 0 radical (unpaired) electrons. The molecule has 1 unspecified atom stereocenters. The summed E-state index contributed by atoms with van der Waals surface area (Å²) in [6.07, 6.45) is 5.93. The van der Waals surface area contributed by atoms with E-state index in [1.807, 2.05) is 14.0 Å². The van der Waals surface area contributed by atoms with Crippen molar-refractivity contribution in [3.63, 3.8) is 0 Å². The van der Waals surface area contributed by atoms with Crippen LogP contribution in [0.15, 0.2) is 0 Å². The summed E-state index contributed by atoms with van der Waals surface area (Å²) in [5, 5.41) is 26.2. The Labute approximate surface area is 125 Å². The molecule has 0 spiro atoms. The van der Waals surface area contributed by atoms with Crippen molar-refractivity contribution in [1.82, 2.24) is 9.78 Å². The zero-order chi connectivity index (χ0) is 14.8. The van der Waals surface area contributed by atoms with Gasteiger partial charge in [0, 0.05) is 13.5 Å². The molecule has 5 heteroatoms. The van der Waals surface area contributed by atoms with Gasteiger partial charge in [-0.05, 0) is 19.3 Å². The third-order valence-electron chi connectivity index (χ3n) is 4.48. The van der Waals surface area contributed by atoms with E-state index in [0.717, 1.165) is 43.5 Å². The molecule has 4 nitrogen and oxygen atoms in total. The van der Waals surface area contributed by atoms with Gasteiger partial charge in [-0.1, -0.05) is 44.2 Å². The highest BCUT2D eigenvalue weighted by Gasteiger charge is 2.36. The molecule has 1 aliphatic rings. The molecular formula is C15H25ClN2O2. The summed E-state index contributed by atoms with van der Waals surface area (Å²) in [5.74, 6) is 0. The van der Waals surface area contributed by atoms with Gasteiger partial charge in [-0.3, -0.25) is 4.68 Å². The van der Waals surface area contributed by atoms with E-state index in [2.05, 4.69) is 5.10 Å². The third-order valence-corrected chi connectivity index (χ3v) is 4.92. The van der Waals surface area contributed by atoms with Crippen LogP contribution in [0.3, 0.4) is 0 Å². The molecule has 1 saturated carbocycles. The summed E-state index contributed by atoms with van der Waals surface area (Å²) >= 11 is 6.31. The van der Waals surface area contributed by atoms with Gasteiger partial charge in [0.2, 0.25) is 0 Å². The zero-order valence-corrected chi connectivity index (χ0v) is 13.2. The van der Waals surface area contributed by atoms with Crippen LogP contribution in [0.4, 0.5) is 0 Å². The van der Waals surface area contributed by atoms with E-state index in [1.165, 1.54) is 0 Å². The number of hydrogen-bond donors (Lipinski definition) is 2.